The topological polar surface area (TPSA) is 67.3 Å². The number of ether oxygens (including phenoxy) is 1. The van der Waals surface area contributed by atoms with Crippen molar-refractivity contribution in [3.05, 3.63) is 42.2 Å². The number of benzene rings is 1. The summed E-state index contributed by atoms with van der Waals surface area (Å²) in [4.78, 5) is 23.3. The van der Waals surface area contributed by atoms with Gasteiger partial charge in [0.05, 0.1) is 18.4 Å². The van der Waals surface area contributed by atoms with Crippen LogP contribution in [0.2, 0.25) is 0 Å². The number of nitrogens with zero attached hydrogens (tertiary/aromatic N) is 3. The molecule has 0 saturated carbocycles. The zero-order chi connectivity index (χ0) is 16.8. The molecule has 1 N–H and O–H groups in total. The second kappa shape index (κ2) is 7.77. The number of nitrogens with one attached hydrogen (secondary N) is 1. The number of amides is 1. The molecule has 1 aliphatic rings. The smallest absolute Gasteiger partial charge is 0.258 e. The van der Waals surface area contributed by atoms with Crippen LogP contribution in [-0.4, -0.2) is 36.1 Å². The molecule has 0 aliphatic carbocycles. The van der Waals surface area contributed by atoms with Gasteiger partial charge in [0.15, 0.2) is 0 Å². The maximum atomic E-state index is 12.4. The van der Waals surface area contributed by atoms with Crippen LogP contribution in [0.4, 0.5) is 11.6 Å². The third-order valence-corrected chi connectivity index (χ3v) is 4.14. The van der Waals surface area contributed by atoms with Gasteiger partial charge in [-0.1, -0.05) is 25.0 Å². The van der Waals surface area contributed by atoms with Gasteiger partial charge < -0.3 is 15.0 Å². The van der Waals surface area contributed by atoms with E-state index < -0.39 is 0 Å². The van der Waals surface area contributed by atoms with Crippen molar-refractivity contribution < 1.29 is 9.53 Å². The summed E-state index contributed by atoms with van der Waals surface area (Å²) < 4.78 is 5.24. The van der Waals surface area contributed by atoms with E-state index in [1.165, 1.54) is 25.7 Å². The molecular formula is C18H22N4O2. The van der Waals surface area contributed by atoms with E-state index in [0.717, 1.165) is 13.1 Å². The Morgan fingerprint density at radius 2 is 1.75 bits per heavy atom. The minimum absolute atomic E-state index is 0.248. The van der Waals surface area contributed by atoms with Crippen molar-refractivity contribution in [1.29, 1.82) is 0 Å². The fourth-order valence-electron chi connectivity index (χ4n) is 2.81. The molecule has 1 saturated heterocycles. The minimum Gasteiger partial charge on any atom is -0.495 e. The lowest BCUT2D eigenvalue weighted by Crippen LogP contribution is -2.26. The first-order valence-electron chi connectivity index (χ1n) is 8.29. The monoisotopic (exact) mass is 326 g/mol. The molecule has 0 radical (unpaired) electrons. The van der Waals surface area contributed by atoms with Crippen LogP contribution in [0.15, 0.2) is 36.7 Å². The number of rotatable bonds is 4. The number of para-hydroxylation sites is 2. The number of methoxy groups -OCH3 is 1. The van der Waals surface area contributed by atoms with Gasteiger partial charge in [0.2, 0.25) is 5.95 Å². The third kappa shape index (κ3) is 3.82. The normalized spacial score (nSPS) is 14.8. The highest BCUT2D eigenvalue weighted by Crippen LogP contribution is 2.23. The molecule has 0 unspecified atom stereocenters. The highest BCUT2D eigenvalue weighted by molar-refractivity contribution is 6.04. The summed E-state index contributed by atoms with van der Waals surface area (Å²) in [5.41, 5.74) is 1.06. The molecule has 1 aliphatic heterocycles. The van der Waals surface area contributed by atoms with Gasteiger partial charge in [-0.15, -0.1) is 0 Å². The summed E-state index contributed by atoms with van der Waals surface area (Å²) in [6.07, 6.45) is 8.01. The Hall–Kier alpha value is -2.63. The summed E-state index contributed by atoms with van der Waals surface area (Å²) in [5, 5.41) is 2.83. The molecule has 6 heteroatoms. The SMILES string of the molecule is COc1ccccc1NC(=O)c1cnc(N2CCCCCC2)nc1. The molecule has 24 heavy (non-hydrogen) atoms. The number of hydrogen-bond donors (Lipinski definition) is 1. The number of aromatic nitrogens is 2. The predicted octanol–water partition coefficient (Wildman–Crippen LogP) is 3.12. The Morgan fingerprint density at radius 3 is 2.42 bits per heavy atom. The fraction of sp³-hybridized carbons (Fsp3) is 0.389. The molecule has 6 nitrogen and oxygen atoms in total. The Balaban J connectivity index is 1.69. The number of carbonyl (C=O) groups is 1. The largest absolute Gasteiger partial charge is 0.495 e. The van der Waals surface area contributed by atoms with E-state index in [2.05, 4.69) is 20.2 Å². The molecule has 1 amide bonds. The Labute approximate surface area is 141 Å². The van der Waals surface area contributed by atoms with Crippen LogP contribution in [0.25, 0.3) is 0 Å². The highest BCUT2D eigenvalue weighted by Gasteiger charge is 2.14. The van der Waals surface area contributed by atoms with Gasteiger partial charge in [0, 0.05) is 25.5 Å². The molecule has 0 bridgehead atoms. The molecule has 2 heterocycles. The molecule has 1 fully saturated rings. The van der Waals surface area contributed by atoms with E-state index in [4.69, 9.17) is 4.74 Å². The Kier molecular flexibility index (Phi) is 5.25. The summed E-state index contributed by atoms with van der Waals surface area (Å²) in [7, 11) is 1.57. The highest BCUT2D eigenvalue weighted by atomic mass is 16.5. The van der Waals surface area contributed by atoms with Crippen LogP contribution < -0.4 is 15.0 Å². The molecule has 1 aromatic heterocycles. The average Bonchev–Trinajstić information content (AvgIpc) is 2.92. The van der Waals surface area contributed by atoms with Gasteiger partial charge in [-0.05, 0) is 25.0 Å². The van der Waals surface area contributed by atoms with Gasteiger partial charge in [-0.2, -0.15) is 0 Å². The van der Waals surface area contributed by atoms with Gasteiger partial charge >= 0.3 is 0 Å². The van der Waals surface area contributed by atoms with Crippen molar-refractivity contribution in [2.24, 2.45) is 0 Å². The summed E-state index contributed by atoms with van der Waals surface area (Å²) in [5.74, 6) is 1.07. The summed E-state index contributed by atoms with van der Waals surface area (Å²) in [6.45, 7) is 1.96. The van der Waals surface area contributed by atoms with E-state index in [-0.39, 0.29) is 5.91 Å². The summed E-state index contributed by atoms with van der Waals surface area (Å²) >= 11 is 0. The van der Waals surface area contributed by atoms with Crippen molar-refractivity contribution in [3.63, 3.8) is 0 Å². The molecule has 126 valence electrons. The first-order valence-corrected chi connectivity index (χ1v) is 8.29. The van der Waals surface area contributed by atoms with Crippen LogP contribution >= 0.6 is 0 Å². The van der Waals surface area contributed by atoms with Crippen LogP contribution in [0.3, 0.4) is 0 Å². The van der Waals surface area contributed by atoms with E-state index in [0.29, 0.717) is 22.9 Å². The lowest BCUT2D eigenvalue weighted by atomic mass is 10.2. The maximum absolute atomic E-state index is 12.4. The predicted molar refractivity (Wildman–Crippen MR) is 93.7 cm³/mol. The molecule has 0 atom stereocenters. The second-order valence-corrected chi connectivity index (χ2v) is 5.83. The quantitative estimate of drug-likeness (QED) is 0.935. The van der Waals surface area contributed by atoms with Crippen molar-refractivity contribution in [1.82, 2.24) is 9.97 Å². The van der Waals surface area contributed by atoms with E-state index in [1.807, 2.05) is 12.1 Å². The number of hydrogen-bond acceptors (Lipinski definition) is 5. The fourth-order valence-corrected chi connectivity index (χ4v) is 2.81. The third-order valence-electron chi connectivity index (χ3n) is 4.14. The van der Waals surface area contributed by atoms with Crippen LogP contribution in [-0.2, 0) is 0 Å². The molecule has 1 aromatic carbocycles. The van der Waals surface area contributed by atoms with Crippen molar-refractivity contribution >= 4 is 17.5 Å². The van der Waals surface area contributed by atoms with Gasteiger partial charge in [-0.3, -0.25) is 4.79 Å². The molecule has 2 aromatic rings. The van der Waals surface area contributed by atoms with Crippen LogP contribution in [0.5, 0.6) is 5.75 Å². The van der Waals surface area contributed by atoms with E-state index in [9.17, 15) is 4.79 Å². The van der Waals surface area contributed by atoms with Crippen LogP contribution in [0, 0.1) is 0 Å². The zero-order valence-electron chi connectivity index (χ0n) is 13.9. The molecule has 0 spiro atoms. The van der Waals surface area contributed by atoms with Crippen molar-refractivity contribution in [2.75, 3.05) is 30.4 Å². The standard InChI is InChI=1S/C18H22N4O2/c1-24-16-9-5-4-8-15(16)21-17(23)14-12-19-18(20-13-14)22-10-6-2-3-7-11-22/h4-5,8-9,12-13H,2-3,6-7,10-11H2,1H3,(H,21,23). The average molecular weight is 326 g/mol. The first-order chi connectivity index (χ1) is 11.8. The Bertz CT molecular complexity index is 680. The maximum Gasteiger partial charge on any atom is 0.258 e. The lowest BCUT2D eigenvalue weighted by molar-refractivity contribution is 0.102. The number of carbonyl (C=O) groups excluding carboxylic acids is 1. The zero-order valence-corrected chi connectivity index (χ0v) is 13.9. The minimum atomic E-state index is -0.248. The van der Waals surface area contributed by atoms with Crippen molar-refractivity contribution in [3.8, 4) is 5.75 Å². The molecular weight excluding hydrogens is 304 g/mol. The molecule has 3 rings (SSSR count). The van der Waals surface area contributed by atoms with Gasteiger partial charge in [0.1, 0.15) is 5.75 Å². The first kappa shape index (κ1) is 16.2. The second-order valence-electron chi connectivity index (χ2n) is 5.83. The van der Waals surface area contributed by atoms with Crippen molar-refractivity contribution in [2.45, 2.75) is 25.7 Å². The summed E-state index contributed by atoms with van der Waals surface area (Å²) in [6, 6.07) is 7.29. The lowest BCUT2D eigenvalue weighted by Gasteiger charge is -2.19. The van der Waals surface area contributed by atoms with E-state index >= 15 is 0 Å². The Morgan fingerprint density at radius 1 is 1.08 bits per heavy atom. The van der Waals surface area contributed by atoms with Gasteiger partial charge in [0.25, 0.3) is 5.91 Å². The van der Waals surface area contributed by atoms with Gasteiger partial charge in [-0.25, -0.2) is 9.97 Å². The number of anilines is 2. The van der Waals surface area contributed by atoms with Crippen LogP contribution in [0.1, 0.15) is 36.0 Å². The van der Waals surface area contributed by atoms with E-state index in [1.54, 1.807) is 31.6 Å².